The lowest BCUT2D eigenvalue weighted by Gasteiger charge is -2.23. The van der Waals surface area contributed by atoms with Crippen LogP contribution in [0, 0.1) is 13.8 Å². The van der Waals surface area contributed by atoms with E-state index in [1.54, 1.807) is 0 Å². The van der Waals surface area contributed by atoms with Crippen LogP contribution in [-0.2, 0) is 0 Å². The van der Waals surface area contributed by atoms with Gasteiger partial charge in [0, 0.05) is 24.0 Å². The molecule has 0 unspecified atom stereocenters. The highest BCUT2D eigenvalue weighted by atomic mass is 16.5. The van der Waals surface area contributed by atoms with Crippen LogP contribution in [0.2, 0.25) is 0 Å². The van der Waals surface area contributed by atoms with Crippen LogP contribution in [0.3, 0.4) is 0 Å². The minimum Gasteiger partial charge on any atom is -0.489 e. The molecule has 0 spiro atoms. The van der Waals surface area contributed by atoms with Gasteiger partial charge in [-0.15, -0.1) is 0 Å². The molecule has 1 heterocycles. The van der Waals surface area contributed by atoms with Crippen LogP contribution >= 0.6 is 0 Å². The predicted octanol–water partition coefficient (Wildman–Crippen LogP) is 5.78. The maximum absolute atomic E-state index is 5.90. The lowest BCUT2D eigenvalue weighted by molar-refractivity contribution is 0.244. The molecule has 0 saturated carbocycles. The third-order valence-electron chi connectivity index (χ3n) is 4.24. The van der Waals surface area contributed by atoms with Crippen LogP contribution in [0.4, 0.5) is 23.1 Å². The van der Waals surface area contributed by atoms with Crippen LogP contribution in [0.15, 0.2) is 54.6 Å². The molecule has 0 bridgehead atoms. The average Bonchev–Trinajstić information content (AvgIpc) is 2.63. The Labute approximate surface area is 167 Å². The van der Waals surface area contributed by atoms with E-state index in [2.05, 4.69) is 53.3 Å². The maximum Gasteiger partial charge on any atom is 0.229 e. The van der Waals surface area contributed by atoms with E-state index in [0.717, 1.165) is 35.2 Å². The zero-order chi connectivity index (χ0) is 20.1. The van der Waals surface area contributed by atoms with E-state index in [0.29, 0.717) is 5.95 Å². The first kappa shape index (κ1) is 19.7. The fourth-order valence-electron chi connectivity index (χ4n) is 3.07. The maximum atomic E-state index is 5.90. The first-order chi connectivity index (χ1) is 13.5. The predicted molar refractivity (Wildman–Crippen MR) is 116 cm³/mol. The number of nitrogens with zero attached hydrogens (tertiary/aromatic N) is 3. The number of para-hydroxylation sites is 2. The monoisotopic (exact) mass is 376 g/mol. The van der Waals surface area contributed by atoms with Gasteiger partial charge in [-0.05, 0) is 64.4 Å². The van der Waals surface area contributed by atoms with Crippen molar-refractivity contribution in [2.75, 3.05) is 16.8 Å². The molecule has 0 radical (unpaired) electrons. The summed E-state index contributed by atoms with van der Waals surface area (Å²) in [6.45, 7) is 11.0. The number of hydrogen-bond acceptors (Lipinski definition) is 5. The highest BCUT2D eigenvalue weighted by molar-refractivity contribution is 5.66. The lowest BCUT2D eigenvalue weighted by atomic mass is 10.2. The van der Waals surface area contributed by atoms with E-state index in [9.17, 15) is 0 Å². The summed E-state index contributed by atoms with van der Waals surface area (Å²) in [7, 11) is 0. The van der Waals surface area contributed by atoms with Crippen LogP contribution in [-0.4, -0.2) is 22.6 Å². The molecule has 5 nitrogen and oxygen atoms in total. The molecule has 0 saturated heterocycles. The van der Waals surface area contributed by atoms with Crippen molar-refractivity contribution >= 4 is 23.1 Å². The van der Waals surface area contributed by atoms with E-state index in [-0.39, 0.29) is 6.10 Å². The number of nitrogens with one attached hydrogen (secondary N) is 1. The molecule has 1 aromatic heterocycles. The summed E-state index contributed by atoms with van der Waals surface area (Å²) in [6, 6.07) is 18.3. The third kappa shape index (κ3) is 4.80. The highest BCUT2D eigenvalue weighted by Crippen LogP contribution is 2.29. The molecular formula is C23H28N4O. The Balaban J connectivity index is 1.94. The van der Waals surface area contributed by atoms with Gasteiger partial charge in [-0.25, -0.2) is 4.98 Å². The van der Waals surface area contributed by atoms with Gasteiger partial charge in [-0.3, -0.25) is 0 Å². The first-order valence-electron chi connectivity index (χ1n) is 9.69. The third-order valence-corrected chi connectivity index (χ3v) is 4.24. The molecule has 3 aromatic rings. The summed E-state index contributed by atoms with van der Waals surface area (Å²) in [5.41, 5.74) is 4.10. The van der Waals surface area contributed by atoms with Crippen molar-refractivity contribution < 1.29 is 4.74 Å². The van der Waals surface area contributed by atoms with Crippen molar-refractivity contribution in [2.24, 2.45) is 0 Å². The SMILES string of the molecule is CCN(c1cccc(C)c1)c1cc(C)nc(Nc2ccccc2OC(C)C)n1. The second-order valence-corrected chi connectivity index (χ2v) is 7.06. The van der Waals surface area contributed by atoms with Gasteiger partial charge in [0.15, 0.2) is 0 Å². The van der Waals surface area contributed by atoms with Crippen molar-refractivity contribution in [1.82, 2.24) is 9.97 Å². The van der Waals surface area contributed by atoms with Crippen LogP contribution in [0.25, 0.3) is 0 Å². The molecule has 3 rings (SSSR count). The Morgan fingerprint density at radius 1 is 1.00 bits per heavy atom. The van der Waals surface area contributed by atoms with Gasteiger partial charge in [-0.1, -0.05) is 24.3 Å². The number of aromatic nitrogens is 2. The smallest absolute Gasteiger partial charge is 0.229 e. The van der Waals surface area contributed by atoms with Crippen molar-refractivity contribution in [3.8, 4) is 5.75 Å². The van der Waals surface area contributed by atoms with Gasteiger partial charge in [-0.2, -0.15) is 4.98 Å². The van der Waals surface area contributed by atoms with Crippen molar-refractivity contribution in [2.45, 2.75) is 40.7 Å². The fourth-order valence-corrected chi connectivity index (χ4v) is 3.07. The highest BCUT2D eigenvalue weighted by Gasteiger charge is 2.13. The van der Waals surface area contributed by atoms with Crippen LogP contribution in [0.5, 0.6) is 5.75 Å². The number of anilines is 4. The van der Waals surface area contributed by atoms with Crippen molar-refractivity contribution in [3.05, 3.63) is 65.9 Å². The van der Waals surface area contributed by atoms with Gasteiger partial charge >= 0.3 is 0 Å². The zero-order valence-corrected chi connectivity index (χ0v) is 17.2. The minimum atomic E-state index is 0.0915. The molecule has 0 atom stereocenters. The molecule has 0 fully saturated rings. The fraction of sp³-hybridized carbons (Fsp3) is 0.304. The largest absolute Gasteiger partial charge is 0.489 e. The van der Waals surface area contributed by atoms with Crippen molar-refractivity contribution in [3.63, 3.8) is 0 Å². The Morgan fingerprint density at radius 2 is 1.79 bits per heavy atom. The quantitative estimate of drug-likeness (QED) is 0.566. The molecule has 146 valence electrons. The molecule has 5 heteroatoms. The number of aryl methyl sites for hydroxylation is 2. The Bertz CT molecular complexity index is 939. The van der Waals surface area contributed by atoms with E-state index >= 15 is 0 Å². The summed E-state index contributed by atoms with van der Waals surface area (Å²) >= 11 is 0. The Morgan fingerprint density at radius 3 is 2.50 bits per heavy atom. The first-order valence-corrected chi connectivity index (χ1v) is 9.69. The standard InChI is InChI=1S/C23H28N4O/c1-6-27(19-11-9-10-17(4)14-19)22-15-18(5)24-23(26-22)25-20-12-7-8-13-21(20)28-16(2)3/h7-16H,6H2,1-5H3,(H,24,25,26). The molecule has 0 aliphatic heterocycles. The molecule has 0 aliphatic carbocycles. The average molecular weight is 377 g/mol. The minimum absolute atomic E-state index is 0.0915. The molecule has 2 aromatic carbocycles. The summed E-state index contributed by atoms with van der Waals surface area (Å²) in [5, 5.41) is 3.33. The lowest BCUT2D eigenvalue weighted by Crippen LogP contribution is -2.18. The second kappa shape index (κ2) is 8.74. The second-order valence-electron chi connectivity index (χ2n) is 7.06. The number of rotatable bonds is 7. The van der Waals surface area contributed by atoms with Gasteiger partial charge in [0.05, 0.1) is 11.8 Å². The van der Waals surface area contributed by atoms with Gasteiger partial charge in [0.25, 0.3) is 0 Å². The molecule has 0 amide bonds. The van der Waals surface area contributed by atoms with Crippen LogP contribution in [0.1, 0.15) is 32.0 Å². The number of hydrogen-bond donors (Lipinski definition) is 1. The molecule has 0 aliphatic rings. The van der Waals surface area contributed by atoms with Gasteiger partial charge in [0.2, 0.25) is 5.95 Å². The van der Waals surface area contributed by atoms with Crippen molar-refractivity contribution in [1.29, 1.82) is 0 Å². The van der Waals surface area contributed by atoms with Gasteiger partial charge < -0.3 is 15.0 Å². The Hall–Kier alpha value is -3.08. The van der Waals surface area contributed by atoms with E-state index < -0.39 is 0 Å². The summed E-state index contributed by atoms with van der Waals surface area (Å²) < 4.78 is 5.90. The van der Waals surface area contributed by atoms with E-state index in [1.807, 2.05) is 51.1 Å². The summed E-state index contributed by atoms with van der Waals surface area (Å²) in [4.78, 5) is 11.5. The normalized spacial score (nSPS) is 10.8. The topological polar surface area (TPSA) is 50.3 Å². The molecule has 1 N–H and O–H groups in total. The summed E-state index contributed by atoms with van der Waals surface area (Å²) in [6.07, 6.45) is 0.0915. The number of benzene rings is 2. The van der Waals surface area contributed by atoms with E-state index in [1.165, 1.54) is 5.56 Å². The Kier molecular flexibility index (Phi) is 6.14. The zero-order valence-electron chi connectivity index (χ0n) is 17.2. The van der Waals surface area contributed by atoms with Crippen LogP contribution < -0.4 is 15.0 Å². The summed E-state index contributed by atoms with van der Waals surface area (Å²) in [5.74, 6) is 2.21. The van der Waals surface area contributed by atoms with Gasteiger partial charge in [0.1, 0.15) is 11.6 Å². The number of ether oxygens (including phenoxy) is 1. The molecule has 28 heavy (non-hydrogen) atoms. The molecular weight excluding hydrogens is 348 g/mol. The van der Waals surface area contributed by atoms with E-state index in [4.69, 9.17) is 9.72 Å².